The zero-order valence-electron chi connectivity index (χ0n) is 18.9. The van der Waals surface area contributed by atoms with Gasteiger partial charge in [-0.2, -0.15) is 5.10 Å². The van der Waals surface area contributed by atoms with Crippen molar-refractivity contribution in [3.63, 3.8) is 0 Å². The Morgan fingerprint density at radius 3 is 2.57 bits per heavy atom. The molecule has 0 aliphatic carbocycles. The third kappa shape index (κ3) is 5.64. The fraction of sp³-hybridized carbons (Fsp3) is 0.120. The quantitative estimate of drug-likeness (QED) is 0.165. The van der Waals surface area contributed by atoms with Crippen LogP contribution < -0.4 is 20.5 Å². The summed E-state index contributed by atoms with van der Waals surface area (Å²) in [5.74, 6) is 0.805. The van der Waals surface area contributed by atoms with Crippen molar-refractivity contribution in [2.75, 3.05) is 20.0 Å². The number of aromatic nitrogens is 2. The molecule has 0 saturated heterocycles. The minimum absolute atomic E-state index is 0.00163. The number of ether oxygens (including phenoxy) is 2. The number of hydrazone groups is 1. The molecule has 8 nitrogen and oxygen atoms in total. The Labute approximate surface area is 210 Å². The number of hydrogen-bond acceptors (Lipinski definition) is 7. The fourth-order valence-corrected chi connectivity index (χ4v) is 4.23. The maximum absolute atomic E-state index is 13.2. The number of methoxy groups -OCH3 is 2. The second kappa shape index (κ2) is 11.1. The van der Waals surface area contributed by atoms with E-state index in [4.69, 9.17) is 21.1 Å². The van der Waals surface area contributed by atoms with Crippen LogP contribution in [0.25, 0.3) is 16.6 Å². The third-order valence-corrected chi connectivity index (χ3v) is 6.16. The second-order valence-corrected chi connectivity index (χ2v) is 8.60. The van der Waals surface area contributed by atoms with Crippen molar-refractivity contribution in [2.45, 2.75) is 5.16 Å². The van der Waals surface area contributed by atoms with Gasteiger partial charge >= 0.3 is 0 Å². The van der Waals surface area contributed by atoms with E-state index in [1.54, 1.807) is 74.9 Å². The Kier molecular flexibility index (Phi) is 7.69. The number of carbonyl (C=O) groups is 1. The Balaban J connectivity index is 1.52. The van der Waals surface area contributed by atoms with Crippen LogP contribution >= 0.6 is 23.4 Å². The molecule has 4 rings (SSSR count). The van der Waals surface area contributed by atoms with Crippen molar-refractivity contribution in [3.05, 3.63) is 87.7 Å². The summed E-state index contributed by atoms with van der Waals surface area (Å²) >= 11 is 7.15. The highest BCUT2D eigenvalue weighted by molar-refractivity contribution is 7.99. The number of fused-ring (bicyclic) bond motifs is 1. The van der Waals surface area contributed by atoms with E-state index in [-0.39, 0.29) is 17.2 Å². The van der Waals surface area contributed by atoms with Gasteiger partial charge in [-0.3, -0.25) is 14.2 Å². The molecule has 35 heavy (non-hydrogen) atoms. The molecule has 1 amide bonds. The lowest BCUT2D eigenvalue weighted by molar-refractivity contribution is -0.118. The standard InChI is InChI=1S/C25H21ClN4O4S/c1-33-21-12-7-16(13-22(21)34-2)14-27-29-23(31)15-35-25-28-20-6-4-3-5-19(20)24(32)30(25)18-10-8-17(26)9-11-18/h3-14H,15H2,1-2H3,(H,29,31)/b27-14-. The number of nitrogens with one attached hydrogen (secondary N) is 1. The minimum atomic E-state index is -0.350. The molecule has 1 heterocycles. The van der Waals surface area contributed by atoms with Gasteiger partial charge in [0, 0.05) is 5.02 Å². The van der Waals surface area contributed by atoms with Crippen LogP contribution in [0.3, 0.4) is 0 Å². The summed E-state index contributed by atoms with van der Waals surface area (Å²) in [6, 6.07) is 19.2. The maximum Gasteiger partial charge on any atom is 0.266 e. The Hall–Kier alpha value is -3.82. The van der Waals surface area contributed by atoms with Gasteiger partial charge in [0.25, 0.3) is 11.5 Å². The molecule has 1 aromatic heterocycles. The van der Waals surface area contributed by atoms with Crippen LogP contribution in [0.5, 0.6) is 11.5 Å². The van der Waals surface area contributed by atoms with Crippen LogP contribution in [0.1, 0.15) is 5.56 Å². The lowest BCUT2D eigenvalue weighted by Crippen LogP contribution is -2.24. The molecule has 0 radical (unpaired) electrons. The van der Waals surface area contributed by atoms with Crippen LogP contribution in [0.2, 0.25) is 5.02 Å². The van der Waals surface area contributed by atoms with E-state index in [1.165, 1.54) is 10.8 Å². The van der Waals surface area contributed by atoms with Gasteiger partial charge in [0.15, 0.2) is 16.7 Å². The van der Waals surface area contributed by atoms with Crippen LogP contribution in [0.15, 0.2) is 81.8 Å². The second-order valence-electron chi connectivity index (χ2n) is 7.22. The molecule has 3 aromatic carbocycles. The highest BCUT2D eigenvalue weighted by atomic mass is 35.5. The van der Waals surface area contributed by atoms with Gasteiger partial charge in [-0.15, -0.1) is 0 Å². The van der Waals surface area contributed by atoms with Crippen molar-refractivity contribution in [1.82, 2.24) is 15.0 Å². The molecule has 0 spiro atoms. The molecule has 178 valence electrons. The summed E-state index contributed by atoms with van der Waals surface area (Å²) in [4.78, 5) is 30.3. The summed E-state index contributed by atoms with van der Waals surface area (Å²) in [7, 11) is 3.10. The van der Waals surface area contributed by atoms with E-state index in [0.717, 1.165) is 17.3 Å². The van der Waals surface area contributed by atoms with E-state index in [0.29, 0.717) is 38.3 Å². The lowest BCUT2D eigenvalue weighted by Gasteiger charge is -2.13. The largest absolute Gasteiger partial charge is 0.493 e. The molecule has 10 heteroatoms. The van der Waals surface area contributed by atoms with Crippen molar-refractivity contribution in [1.29, 1.82) is 0 Å². The molecule has 0 atom stereocenters. The van der Waals surface area contributed by atoms with E-state index in [1.807, 2.05) is 6.07 Å². The van der Waals surface area contributed by atoms with Gasteiger partial charge in [0.05, 0.1) is 42.8 Å². The van der Waals surface area contributed by atoms with Gasteiger partial charge in [-0.25, -0.2) is 10.4 Å². The van der Waals surface area contributed by atoms with Gasteiger partial charge < -0.3 is 9.47 Å². The van der Waals surface area contributed by atoms with Crippen molar-refractivity contribution < 1.29 is 14.3 Å². The fourth-order valence-electron chi connectivity index (χ4n) is 3.30. The number of para-hydroxylation sites is 1. The molecule has 1 N–H and O–H groups in total. The van der Waals surface area contributed by atoms with E-state index >= 15 is 0 Å². The molecule has 0 aliphatic heterocycles. The van der Waals surface area contributed by atoms with Crippen LogP contribution in [-0.4, -0.2) is 41.6 Å². The molecule has 0 aliphatic rings. The first-order valence-electron chi connectivity index (χ1n) is 10.4. The maximum atomic E-state index is 13.2. The summed E-state index contributed by atoms with van der Waals surface area (Å²) in [6.45, 7) is 0. The summed E-state index contributed by atoms with van der Waals surface area (Å²) in [5, 5.41) is 5.42. The predicted molar refractivity (Wildman–Crippen MR) is 138 cm³/mol. The summed E-state index contributed by atoms with van der Waals surface area (Å²) in [5.41, 5.74) is 4.14. The van der Waals surface area contributed by atoms with Gasteiger partial charge in [0.2, 0.25) is 0 Å². The van der Waals surface area contributed by atoms with E-state index in [2.05, 4.69) is 15.5 Å². The topological polar surface area (TPSA) is 94.8 Å². The molecule has 0 unspecified atom stereocenters. The molecular formula is C25H21ClN4O4S. The number of halogens is 1. The SMILES string of the molecule is COc1ccc(/C=N\NC(=O)CSc2nc3ccccc3c(=O)n2-c2ccc(Cl)cc2)cc1OC. The molecule has 0 fully saturated rings. The Morgan fingerprint density at radius 2 is 1.83 bits per heavy atom. The average molecular weight is 509 g/mol. The first-order valence-corrected chi connectivity index (χ1v) is 11.8. The normalized spacial score (nSPS) is 11.1. The van der Waals surface area contributed by atoms with Crippen molar-refractivity contribution in [3.8, 4) is 17.2 Å². The highest BCUT2D eigenvalue weighted by Crippen LogP contribution is 2.27. The molecular weight excluding hydrogens is 488 g/mol. The van der Waals surface area contributed by atoms with Crippen molar-refractivity contribution in [2.24, 2.45) is 5.10 Å². The molecule has 4 aromatic rings. The van der Waals surface area contributed by atoms with Gasteiger partial charge in [-0.1, -0.05) is 35.5 Å². The number of benzene rings is 3. The summed E-state index contributed by atoms with van der Waals surface area (Å²) in [6.07, 6.45) is 1.50. The third-order valence-electron chi connectivity index (χ3n) is 4.97. The number of hydrogen-bond donors (Lipinski definition) is 1. The zero-order valence-corrected chi connectivity index (χ0v) is 20.5. The van der Waals surface area contributed by atoms with Crippen LogP contribution in [0, 0.1) is 0 Å². The lowest BCUT2D eigenvalue weighted by atomic mass is 10.2. The first-order chi connectivity index (χ1) is 17.0. The predicted octanol–water partition coefficient (Wildman–Crippen LogP) is 4.30. The highest BCUT2D eigenvalue weighted by Gasteiger charge is 2.15. The number of thioether (sulfide) groups is 1. The van der Waals surface area contributed by atoms with Gasteiger partial charge in [0.1, 0.15) is 0 Å². The number of rotatable bonds is 8. The summed E-state index contributed by atoms with van der Waals surface area (Å²) < 4.78 is 12.0. The molecule has 0 saturated carbocycles. The zero-order chi connectivity index (χ0) is 24.8. The van der Waals surface area contributed by atoms with E-state index < -0.39 is 0 Å². The first kappa shape index (κ1) is 24.3. The smallest absolute Gasteiger partial charge is 0.266 e. The number of nitrogens with zero attached hydrogens (tertiary/aromatic N) is 3. The minimum Gasteiger partial charge on any atom is -0.493 e. The van der Waals surface area contributed by atoms with Crippen LogP contribution in [-0.2, 0) is 4.79 Å². The monoisotopic (exact) mass is 508 g/mol. The Bertz CT molecular complexity index is 1450. The number of amides is 1. The number of carbonyl (C=O) groups excluding carboxylic acids is 1. The van der Waals surface area contributed by atoms with Gasteiger partial charge in [-0.05, 0) is 60.2 Å². The average Bonchev–Trinajstić information content (AvgIpc) is 2.88. The molecule has 0 bridgehead atoms. The van der Waals surface area contributed by atoms with E-state index in [9.17, 15) is 9.59 Å². The van der Waals surface area contributed by atoms with Crippen molar-refractivity contribution >= 4 is 46.4 Å². The van der Waals surface area contributed by atoms with Crippen LogP contribution in [0.4, 0.5) is 0 Å². The Morgan fingerprint density at radius 1 is 1.09 bits per heavy atom.